The lowest BCUT2D eigenvalue weighted by Crippen LogP contribution is -2.47. The Balaban J connectivity index is 1.76. The van der Waals surface area contributed by atoms with E-state index in [0.717, 1.165) is 19.3 Å². The number of phenolic OH excluding ortho intramolecular Hbond substituents is 1. The summed E-state index contributed by atoms with van der Waals surface area (Å²) in [6, 6.07) is 5.98. The van der Waals surface area contributed by atoms with E-state index < -0.39 is 0 Å². The molecule has 0 spiro atoms. The van der Waals surface area contributed by atoms with Gasteiger partial charge in [-0.2, -0.15) is 0 Å². The molecule has 0 aromatic heterocycles. The number of aliphatic hydroxyl groups is 1. The Bertz CT molecular complexity index is 601. The first-order chi connectivity index (χ1) is 10.4. The second kappa shape index (κ2) is 5.10. The molecule has 3 heteroatoms. The predicted molar refractivity (Wildman–Crippen MR) is 96.5 cm³/mol. The Morgan fingerprint density at radius 2 is 2.09 bits per heavy atom. The minimum Gasteiger partial charge on any atom is -0.508 e. The molecule has 1 aromatic rings. The van der Waals surface area contributed by atoms with Crippen LogP contribution in [0.2, 0.25) is 0 Å². The van der Waals surface area contributed by atoms with Crippen LogP contribution >= 0.6 is 22.6 Å². The van der Waals surface area contributed by atoms with Crippen molar-refractivity contribution >= 4 is 22.6 Å². The number of hydrogen-bond acceptors (Lipinski definition) is 2. The fourth-order valence-corrected chi connectivity index (χ4v) is 7.28. The maximum atomic E-state index is 10.7. The lowest BCUT2D eigenvalue weighted by Gasteiger charge is -2.52. The van der Waals surface area contributed by atoms with Crippen LogP contribution in [-0.4, -0.2) is 20.2 Å². The average molecular weight is 412 g/mol. The van der Waals surface area contributed by atoms with E-state index in [1.165, 1.54) is 17.5 Å². The van der Waals surface area contributed by atoms with Crippen LogP contribution in [0.25, 0.3) is 0 Å². The van der Waals surface area contributed by atoms with Crippen molar-refractivity contribution in [2.24, 2.45) is 23.2 Å². The Morgan fingerprint density at radius 3 is 2.86 bits per heavy atom. The first kappa shape index (κ1) is 15.3. The van der Waals surface area contributed by atoms with Gasteiger partial charge in [0.25, 0.3) is 0 Å². The van der Waals surface area contributed by atoms with Crippen molar-refractivity contribution in [3.05, 3.63) is 29.3 Å². The van der Waals surface area contributed by atoms with Gasteiger partial charge in [0.2, 0.25) is 0 Å². The molecule has 2 N–H and O–H groups in total. The smallest absolute Gasteiger partial charge is 0.115 e. The summed E-state index contributed by atoms with van der Waals surface area (Å²) in [5.41, 5.74) is 2.92. The summed E-state index contributed by atoms with van der Waals surface area (Å²) in [5, 5.41) is 20.5. The summed E-state index contributed by atoms with van der Waals surface area (Å²) in [5.74, 6) is 2.98. The Morgan fingerprint density at radius 1 is 1.32 bits per heavy atom. The van der Waals surface area contributed by atoms with Gasteiger partial charge in [0, 0.05) is 3.92 Å². The molecule has 4 rings (SSSR count). The van der Waals surface area contributed by atoms with Gasteiger partial charge in [-0.25, -0.2) is 0 Å². The van der Waals surface area contributed by atoms with Crippen molar-refractivity contribution in [3.8, 4) is 5.75 Å². The van der Waals surface area contributed by atoms with Crippen LogP contribution in [0.5, 0.6) is 5.75 Å². The van der Waals surface area contributed by atoms with Gasteiger partial charge >= 0.3 is 0 Å². The molecule has 3 aliphatic rings. The Labute approximate surface area is 146 Å². The van der Waals surface area contributed by atoms with E-state index in [9.17, 15) is 10.2 Å². The molecule has 0 unspecified atom stereocenters. The van der Waals surface area contributed by atoms with Crippen molar-refractivity contribution in [2.45, 2.75) is 55.5 Å². The monoisotopic (exact) mass is 412 g/mol. The molecule has 2 nitrogen and oxygen atoms in total. The van der Waals surface area contributed by atoms with E-state index in [-0.39, 0.29) is 11.5 Å². The summed E-state index contributed by atoms with van der Waals surface area (Å²) < 4.78 is 0.403. The quantitative estimate of drug-likeness (QED) is 0.494. The standard InChI is InChI=1S/C19H25IO2/c1-10-7-11-8-12(21)3-4-13(11)14-5-6-19(2)15(17(10)14)9-16(20)18(19)22/h3-4,8,10,14-18,21-22H,5-7,9H2,1-2H3/t10-,14-,15+,16-,17-,18+,19+/m1/s1. The highest BCUT2D eigenvalue weighted by Crippen LogP contribution is 2.63. The lowest BCUT2D eigenvalue weighted by molar-refractivity contribution is -0.0342. The largest absolute Gasteiger partial charge is 0.508 e. The zero-order valence-electron chi connectivity index (χ0n) is 13.3. The van der Waals surface area contributed by atoms with Gasteiger partial charge in [-0.3, -0.25) is 0 Å². The number of phenols is 1. The zero-order chi connectivity index (χ0) is 15.6. The molecular weight excluding hydrogens is 387 g/mol. The molecule has 0 heterocycles. The maximum absolute atomic E-state index is 10.7. The van der Waals surface area contributed by atoms with Gasteiger partial charge in [0.05, 0.1) is 6.10 Å². The fourth-order valence-electron chi connectivity index (χ4n) is 5.91. The molecule has 0 aliphatic heterocycles. The van der Waals surface area contributed by atoms with Crippen LogP contribution in [0, 0.1) is 23.2 Å². The fraction of sp³-hybridized carbons (Fsp3) is 0.684. The zero-order valence-corrected chi connectivity index (χ0v) is 15.5. The first-order valence-corrected chi connectivity index (χ1v) is 9.80. The van der Waals surface area contributed by atoms with Crippen molar-refractivity contribution in [3.63, 3.8) is 0 Å². The van der Waals surface area contributed by atoms with Crippen molar-refractivity contribution in [1.29, 1.82) is 0 Å². The highest BCUT2D eigenvalue weighted by Gasteiger charge is 2.58. The molecule has 3 aliphatic carbocycles. The van der Waals surface area contributed by atoms with E-state index in [4.69, 9.17) is 0 Å². The molecule has 7 atom stereocenters. The van der Waals surface area contributed by atoms with Gasteiger partial charge in [0.1, 0.15) is 5.75 Å². The third-order valence-corrected chi connectivity index (χ3v) is 8.18. The summed E-state index contributed by atoms with van der Waals surface area (Å²) in [6.07, 6.45) is 4.40. The SMILES string of the molecule is C[C@@H]1Cc2cc(O)ccc2[C@H]2CC[C@]3(C)[C@@H](O)[C@H](I)C[C@H]3[C@H]12. The molecule has 2 saturated carbocycles. The van der Waals surface area contributed by atoms with Crippen LogP contribution in [0.1, 0.15) is 50.2 Å². The predicted octanol–water partition coefficient (Wildman–Crippen LogP) is 4.27. The van der Waals surface area contributed by atoms with Crippen LogP contribution in [0.15, 0.2) is 18.2 Å². The minimum atomic E-state index is -0.146. The van der Waals surface area contributed by atoms with Crippen molar-refractivity contribution in [2.75, 3.05) is 0 Å². The van der Waals surface area contributed by atoms with Gasteiger partial charge in [-0.1, -0.05) is 42.5 Å². The van der Waals surface area contributed by atoms with Gasteiger partial charge < -0.3 is 10.2 Å². The van der Waals surface area contributed by atoms with Gasteiger partial charge in [-0.15, -0.1) is 0 Å². The summed E-state index contributed by atoms with van der Waals surface area (Å²) >= 11 is 2.46. The molecular formula is C19H25IO2. The number of hydrogen-bond donors (Lipinski definition) is 2. The summed E-state index contributed by atoms with van der Waals surface area (Å²) in [4.78, 5) is 0. The molecule has 120 valence electrons. The average Bonchev–Trinajstić information content (AvgIpc) is 2.70. The molecule has 0 amide bonds. The van der Waals surface area contributed by atoms with E-state index >= 15 is 0 Å². The number of fused-ring (bicyclic) bond motifs is 5. The normalized spacial score (nSPS) is 46.7. The van der Waals surface area contributed by atoms with E-state index in [1.807, 2.05) is 12.1 Å². The van der Waals surface area contributed by atoms with Gasteiger partial charge in [0.15, 0.2) is 0 Å². The molecule has 0 radical (unpaired) electrons. The van der Waals surface area contributed by atoms with Crippen LogP contribution in [0.4, 0.5) is 0 Å². The second-order valence-electron chi connectivity index (χ2n) is 8.10. The minimum absolute atomic E-state index is 0.107. The summed E-state index contributed by atoms with van der Waals surface area (Å²) in [7, 11) is 0. The van der Waals surface area contributed by atoms with Crippen LogP contribution in [-0.2, 0) is 6.42 Å². The second-order valence-corrected chi connectivity index (χ2v) is 9.70. The number of benzene rings is 1. The molecule has 1 aromatic carbocycles. The first-order valence-electron chi connectivity index (χ1n) is 8.55. The Kier molecular flexibility index (Phi) is 3.54. The van der Waals surface area contributed by atoms with E-state index in [2.05, 4.69) is 42.5 Å². The summed E-state index contributed by atoms with van der Waals surface area (Å²) in [6.45, 7) is 4.71. The molecule has 0 bridgehead atoms. The van der Waals surface area contributed by atoms with E-state index in [0.29, 0.717) is 33.3 Å². The topological polar surface area (TPSA) is 40.5 Å². The number of rotatable bonds is 0. The third kappa shape index (κ3) is 2.00. The maximum Gasteiger partial charge on any atom is 0.115 e. The number of aromatic hydroxyl groups is 1. The molecule has 22 heavy (non-hydrogen) atoms. The van der Waals surface area contributed by atoms with Crippen molar-refractivity contribution < 1.29 is 10.2 Å². The van der Waals surface area contributed by atoms with Gasteiger partial charge in [-0.05, 0) is 78.0 Å². The lowest BCUT2D eigenvalue weighted by atomic mass is 9.53. The number of alkyl halides is 1. The van der Waals surface area contributed by atoms with Crippen LogP contribution in [0.3, 0.4) is 0 Å². The highest BCUT2D eigenvalue weighted by atomic mass is 127. The van der Waals surface area contributed by atoms with Crippen LogP contribution < -0.4 is 0 Å². The third-order valence-electron chi connectivity index (χ3n) is 6.99. The van der Waals surface area contributed by atoms with Crippen molar-refractivity contribution in [1.82, 2.24) is 0 Å². The Hall–Kier alpha value is -0.290. The highest BCUT2D eigenvalue weighted by molar-refractivity contribution is 14.1. The molecule has 0 saturated heterocycles. The number of aliphatic hydroxyl groups excluding tert-OH is 1. The van der Waals surface area contributed by atoms with E-state index in [1.54, 1.807) is 0 Å². The molecule has 2 fully saturated rings. The number of halogens is 1.